The molecule has 1 amide bonds. The monoisotopic (exact) mass is 333 g/mol. The molecule has 3 rings (SSSR count). The van der Waals surface area contributed by atoms with Gasteiger partial charge in [-0.05, 0) is 30.2 Å². The fraction of sp³-hybridized carbons (Fsp3) is 0.588. The second kappa shape index (κ2) is 6.43. The predicted octanol–water partition coefficient (Wildman–Crippen LogP) is 3.63. The van der Waals surface area contributed by atoms with Crippen LogP contribution in [0.1, 0.15) is 39.5 Å². The number of aromatic nitrogens is 2. The average molecular weight is 333 g/mol. The van der Waals surface area contributed by atoms with E-state index in [1.165, 1.54) is 0 Å². The van der Waals surface area contributed by atoms with Gasteiger partial charge in [-0.15, -0.1) is 0 Å². The minimum Gasteiger partial charge on any atom is -0.342 e. The Morgan fingerprint density at radius 3 is 3.00 bits per heavy atom. The lowest BCUT2D eigenvalue weighted by atomic mass is 9.90. The van der Waals surface area contributed by atoms with Gasteiger partial charge in [0.05, 0.1) is 0 Å². The van der Waals surface area contributed by atoms with E-state index in [0.29, 0.717) is 17.6 Å². The van der Waals surface area contributed by atoms with E-state index in [4.69, 9.17) is 4.52 Å². The molecule has 2 aromatic rings. The number of nitrogens with zero attached hydrogens (tertiary/aromatic N) is 3. The van der Waals surface area contributed by atoms with E-state index in [1.54, 1.807) is 11.3 Å². The van der Waals surface area contributed by atoms with Gasteiger partial charge in [0.15, 0.2) is 0 Å². The summed E-state index contributed by atoms with van der Waals surface area (Å²) in [7, 11) is 0. The van der Waals surface area contributed by atoms with Crippen molar-refractivity contribution in [1.29, 1.82) is 0 Å². The van der Waals surface area contributed by atoms with E-state index in [0.717, 1.165) is 37.9 Å². The van der Waals surface area contributed by atoms with E-state index in [9.17, 15) is 4.79 Å². The zero-order valence-electron chi connectivity index (χ0n) is 13.9. The SMILES string of the molecule is CC(C)(C)C(=O)N1CCCC(Cc2nc(-c3ccsc3)no2)C1. The third-order valence-electron chi connectivity index (χ3n) is 4.16. The molecule has 0 aliphatic carbocycles. The Morgan fingerprint density at radius 1 is 1.48 bits per heavy atom. The van der Waals surface area contributed by atoms with Gasteiger partial charge in [0, 0.05) is 35.9 Å². The summed E-state index contributed by atoms with van der Waals surface area (Å²) in [5.74, 6) is 1.94. The highest BCUT2D eigenvalue weighted by molar-refractivity contribution is 7.08. The van der Waals surface area contributed by atoms with Crippen LogP contribution in [-0.4, -0.2) is 34.0 Å². The highest BCUT2D eigenvalue weighted by Crippen LogP contribution is 2.26. The number of likely N-dealkylation sites (tertiary alicyclic amines) is 1. The number of carbonyl (C=O) groups is 1. The molecule has 2 aromatic heterocycles. The third kappa shape index (κ3) is 3.80. The number of piperidine rings is 1. The van der Waals surface area contributed by atoms with E-state index in [2.05, 4.69) is 10.1 Å². The quantitative estimate of drug-likeness (QED) is 0.860. The Hall–Kier alpha value is -1.69. The van der Waals surface area contributed by atoms with Gasteiger partial charge in [0.25, 0.3) is 0 Å². The van der Waals surface area contributed by atoms with Crippen molar-refractivity contribution in [3.05, 3.63) is 22.7 Å². The molecular weight excluding hydrogens is 310 g/mol. The number of rotatable bonds is 3. The lowest BCUT2D eigenvalue weighted by Gasteiger charge is -2.36. The van der Waals surface area contributed by atoms with Gasteiger partial charge in [0.2, 0.25) is 17.6 Å². The van der Waals surface area contributed by atoms with Crippen LogP contribution >= 0.6 is 11.3 Å². The van der Waals surface area contributed by atoms with E-state index >= 15 is 0 Å². The van der Waals surface area contributed by atoms with Gasteiger partial charge in [-0.3, -0.25) is 4.79 Å². The number of hydrogen-bond donors (Lipinski definition) is 0. The van der Waals surface area contributed by atoms with E-state index in [-0.39, 0.29) is 11.3 Å². The van der Waals surface area contributed by atoms with Gasteiger partial charge >= 0.3 is 0 Å². The number of hydrogen-bond acceptors (Lipinski definition) is 5. The first-order valence-corrected chi connectivity index (χ1v) is 9.02. The first kappa shape index (κ1) is 16.2. The second-order valence-corrected chi connectivity index (χ2v) is 8.02. The average Bonchev–Trinajstić information content (AvgIpc) is 3.16. The van der Waals surface area contributed by atoms with Crippen molar-refractivity contribution in [3.63, 3.8) is 0 Å². The minimum absolute atomic E-state index is 0.228. The Morgan fingerprint density at radius 2 is 2.30 bits per heavy atom. The largest absolute Gasteiger partial charge is 0.342 e. The topological polar surface area (TPSA) is 59.2 Å². The van der Waals surface area contributed by atoms with Gasteiger partial charge in [-0.1, -0.05) is 25.9 Å². The fourth-order valence-electron chi connectivity index (χ4n) is 2.98. The highest BCUT2D eigenvalue weighted by atomic mass is 32.1. The van der Waals surface area contributed by atoms with Crippen LogP contribution in [0.25, 0.3) is 11.4 Å². The molecule has 0 spiro atoms. The summed E-state index contributed by atoms with van der Waals surface area (Å²) in [6.07, 6.45) is 2.88. The molecule has 0 aromatic carbocycles. The van der Waals surface area contributed by atoms with Crippen molar-refractivity contribution in [2.45, 2.75) is 40.0 Å². The van der Waals surface area contributed by atoms with Crippen LogP contribution in [0.5, 0.6) is 0 Å². The van der Waals surface area contributed by atoms with Crippen molar-refractivity contribution >= 4 is 17.2 Å². The van der Waals surface area contributed by atoms with Crippen LogP contribution < -0.4 is 0 Å². The van der Waals surface area contributed by atoms with Crippen molar-refractivity contribution in [2.24, 2.45) is 11.3 Å². The third-order valence-corrected chi connectivity index (χ3v) is 4.84. The molecular formula is C17H23N3O2S. The van der Waals surface area contributed by atoms with Crippen molar-refractivity contribution in [3.8, 4) is 11.4 Å². The molecule has 1 aliphatic heterocycles. The normalized spacial score (nSPS) is 19.1. The Labute approximate surface area is 140 Å². The summed E-state index contributed by atoms with van der Waals surface area (Å²) in [6.45, 7) is 7.57. The summed E-state index contributed by atoms with van der Waals surface area (Å²) in [6, 6.07) is 1.99. The summed E-state index contributed by atoms with van der Waals surface area (Å²) in [4.78, 5) is 18.9. The van der Waals surface area contributed by atoms with Crippen LogP contribution in [-0.2, 0) is 11.2 Å². The maximum absolute atomic E-state index is 12.5. The van der Waals surface area contributed by atoms with Gasteiger partial charge in [0.1, 0.15) is 0 Å². The maximum Gasteiger partial charge on any atom is 0.227 e. The molecule has 1 atom stereocenters. The Balaban J connectivity index is 1.63. The molecule has 0 bridgehead atoms. The lowest BCUT2D eigenvalue weighted by Crippen LogP contribution is -2.45. The van der Waals surface area contributed by atoms with Crippen LogP contribution in [0.2, 0.25) is 0 Å². The highest BCUT2D eigenvalue weighted by Gasteiger charge is 2.31. The molecule has 1 aliphatic rings. The summed E-state index contributed by atoms with van der Waals surface area (Å²) in [5.41, 5.74) is 0.677. The fourth-order valence-corrected chi connectivity index (χ4v) is 3.62. The number of thiophene rings is 1. The first-order valence-electron chi connectivity index (χ1n) is 8.08. The van der Waals surface area contributed by atoms with Crippen molar-refractivity contribution in [1.82, 2.24) is 15.0 Å². The first-order chi connectivity index (χ1) is 10.9. The molecule has 1 unspecified atom stereocenters. The molecule has 3 heterocycles. The molecule has 1 saturated heterocycles. The molecule has 1 fully saturated rings. The standard InChI is InChI=1S/C17H23N3O2S/c1-17(2,3)16(21)20-7-4-5-12(10-20)9-14-18-15(19-22-14)13-6-8-23-11-13/h6,8,11-12H,4-5,7,9-10H2,1-3H3. The lowest BCUT2D eigenvalue weighted by molar-refractivity contribution is -0.141. The zero-order chi connectivity index (χ0) is 16.4. The van der Waals surface area contributed by atoms with Crippen LogP contribution in [0, 0.1) is 11.3 Å². The molecule has 0 saturated carbocycles. The summed E-state index contributed by atoms with van der Waals surface area (Å²) < 4.78 is 5.39. The van der Waals surface area contributed by atoms with Gasteiger partial charge in [-0.25, -0.2) is 0 Å². The predicted molar refractivity (Wildman–Crippen MR) is 90.1 cm³/mol. The minimum atomic E-state index is -0.321. The summed E-state index contributed by atoms with van der Waals surface area (Å²) in [5, 5.41) is 8.07. The zero-order valence-corrected chi connectivity index (χ0v) is 14.7. The molecule has 23 heavy (non-hydrogen) atoms. The molecule has 6 heteroatoms. The molecule has 0 N–H and O–H groups in total. The second-order valence-electron chi connectivity index (χ2n) is 7.24. The van der Waals surface area contributed by atoms with E-state index in [1.807, 2.05) is 42.5 Å². The van der Waals surface area contributed by atoms with Gasteiger partial charge < -0.3 is 9.42 Å². The number of amides is 1. The van der Waals surface area contributed by atoms with Crippen LogP contribution in [0.15, 0.2) is 21.3 Å². The maximum atomic E-state index is 12.5. The molecule has 124 valence electrons. The van der Waals surface area contributed by atoms with Crippen LogP contribution in [0.3, 0.4) is 0 Å². The van der Waals surface area contributed by atoms with Gasteiger partial charge in [-0.2, -0.15) is 16.3 Å². The smallest absolute Gasteiger partial charge is 0.227 e. The Kier molecular flexibility index (Phi) is 4.53. The number of carbonyl (C=O) groups excluding carboxylic acids is 1. The molecule has 5 nitrogen and oxygen atoms in total. The van der Waals surface area contributed by atoms with Crippen LogP contribution in [0.4, 0.5) is 0 Å². The van der Waals surface area contributed by atoms with Crippen molar-refractivity contribution < 1.29 is 9.32 Å². The van der Waals surface area contributed by atoms with E-state index < -0.39 is 0 Å². The summed E-state index contributed by atoms with van der Waals surface area (Å²) >= 11 is 1.62. The molecule has 0 radical (unpaired) electrons. The Bertz CT molecular complexity index is 658. The van der Waals surface area contributed by atoms with Crippen molar-refractivity contribution in [2.75, 3.05) is 13.1 Å².